The molecule has 2 rings (SSSR count). The number of amides is 1. The molecule has 1 amide bonds. The van der Waals surface area contributed by atoms with E-state index >= 15 is 0 Å². The Morgan fingerprint density at radius 2 is 2.31 bits per heavy atom. The van der Waals surface area contributed by atoms with Gasteiger partial charge in [0.2, 0.25) is 5.13 Å². The van der Waals surface area contributed by atoms with E-state index < -0.39 is 5.91 Å². The Hall–Kier alpha value is -2.13. The maximum Gasteiger partial charge on any atom is 0.276 e. The quantitative estimate of drug-likeness (QED) is 0.502. The van der Waals surface area contributed by atoms with Crippen LogP contribution in [0.4, 0.5) is 10.9 Å². The molecule has 0 aliphatic rings. The molecule has 0 radical (unpaired) electrons. The molecule has 2 heterocycles. The minimum absolute atomic E-state index is 0.227. The Labute approximate surface area is 94.0 Å². The van der Waals surface area contributed by atoms with Gasteiger partial charge in [-0.15, -0.1) is 0 Å². The molecule has 0 bridgehead atoms. The number of hydrazine groups is 1. The minimum Gasteiger partial charge on any atom is -0.308 e. The van der Waals surface area contributed by atoms with Crippen LogP contribution in [-0.4, -0.2) is 25.7 Å². The molecular weight excluding hydrogens is 230 g/mol. The van der Waals surface area contributed by atoms with Crippen LogP contribution in [0.2, 0.25) is 0 Å². The normalized spacial score (nSPS) is 9.81. The highest BCUT2D eigenvalue weighted by Gasteiger charge is 2.10. The Kier molecular flexibility index (Phi) is 2.98. The zero-order valence-electron chi connectivity index (χ0n) is 7.91. The van der Waals surface area contributed by atoms with Crippen LogP contribution in [0.3, 0.4) is 0 Å². The monoisotopic (exact) mass is 237 g/mol. The number of nitrogen functional groups attached to an aromatic ring is 1. The fourth-order valence-corrected chi connectivity index (χ4v) is 1.35. The summed E-state index contributed by atoms with van der Waals surface area (Å²) in [5.41, 5.74) is 2.58. The Morgan fingerprint density at radius 1 is 1.44 bits per heavy atom. The van der Waals surface area contributed by atoms with E-state index in [9.17, 15) is 4.79 Å². The maximum absolute atomic E-state index is 11.6. The number of rotatable bonds is 3. The summed E-state index contributed by atoms with van der Waals surface area (Å²) in [6.45, 7) is 0. The maximum atomic E-state index is 11.6. The van der Waals surface area contributed by atoms with Crippen molar-refractivity contribution in [1.29, 1.82) is 0 Å². The lowest BCUT2D eigenvalue weighted by molar-refractivity contribution is 0.102. The first-order valence-corrected chi connectivity index (χ1v) is 4.97. The number of anilines is 2. The topological polar surface area (TPSA) is 119 Å². The summed E-state index contributed by atoms with van der Waals surface area (Å²) in [4.78, 5) is 15.6. The summed E-state index contributed by atoms with van der Waals surface area (Å²) in [5.74, 6) is 5.19. The van der Waals surface area contributed by atoms with E-state index in [0.29, 0.717) is 10.9 Å². The van der Waals surface area contributed by atoms with Gasteiger partial charge in [0.1, 0.15) is 11.5 Å². The van der Waals surface area contributed by atoms with E-state index in [0.717, 1.165) is 11.5 Å². The molecule has 0 aliphatic heterocycles. The molecule has 8 nitrogen and oxygen atoms in total. The number of nitrogens with one attached hydrogen (secondary N) is 2. The van der Waals surface area contributed by atoms with Gasteiger partial charge in [-0.1, -0.05) is 15.7 Å². The van der Waals surface area contributed by atoms with E-state index in [1.165, 1.54) is 0 Å². The van der Waals surface area contributed by atoms with Crippen molar-refractivity contribution in [2.45, 2.75) is 0 Å². The summed E-state index contributed by atoms with van der Waals surface area (Å²) in [6, 6.07) is 4.86. The number of nitrogens with zero attached hydrogens (tertiary/aromatic N) is 4. The fourth-order valence-electron chi connectivity index (χ4n) is 0.985. The molecule has 0 saturated carbocycles. The van der Waals surface area contributed by atoms with E-state index in [2.05, 4.69) is 30.5 Å². The van der Waals surface area contributed by atoms with E-state index in [1.807, 2.05) is 0 Å². The van der Waals surface area contributed by atoms with Crippen molar-refractivity contribution in [3.05, 3.63) is 23.9 Å². The third-order valence-corrected chi connectivity index (χ3v) is 2.16. The van der Waals surface area contributed by atoms with Gasteiger partial charge < -0.3 is 5.43 Å². The molecule has 0 atom stereocenters. The number of carbonyl (C=O) groups is 1. The van der Waals surface area contributed by atoms with Gasteiger partial charge in [-0.2, -0.15) is 0 Å². The summed E-state index contributed by atoms with van der Waals surface area (Å²) in [6.07, 6.45) is 0. The first-order chi connectivity index (χ1) is 7.79. The third-order valence-electron chi connectivity index (χ3n) is 1.65. The second kappa shape index (κ2) is 4.59. The zero-order valence-corrected chi connectivity index (χ0v) is 8.73. The lowest BCUT2D eigenvalue weighted by Gasteiger charge is -2.02. The summed E-state index contributed by atoms with van der Waals surface area (Å²) in [7, 11) is 0. The molecule has 0 aliphatic carbocycles. The van der Waals surface area contributed by atoms with Gasteiger partial charge in [-0.25, -0.2) is 10.8 Å². The Morgan fingerprint density at radius 3 is 3.00 bits per heavy atom. The van der Waals surface area contributed by atoms with E-state index in [4.69, 9.17) is 5.84 Å². The van der Waals surface area contributed by atoms with Crippen LogP contribution in [0.1, 0.15) is 10.5 Å². The first kappa shape index (κ1) is 10.4. The van der Waals surface area contributed by atoms with Gasteiger partial charge in [0.05, 0.1) is 0 Å². The standard InChI is InChI=1S/C7H7N7OS/c8-11-5-3-1-2-4(9-5)6(15)10-7-12-13-14-16-7/h1-3H,8H2,(H,9,11)(H,10,12,14,15). The fraction of sp³-hybridized carbons (Fsp3) is 0. The van der Waals surface area contributed by atoms with Crippen LogP contribution in [0, 0.1) is 0 Å². The Balaban J connectivity index is 2.14. The summed E-state index contributed by atoms with van der Waals surface area (Å²) in [5, 5.41) is 9.75. The molecule has 9 heteroatoms. The Bertz CT molecular complexity index is 485. The molecule has 16 heavy (non-hydrogen) atoms. The molecule has 2 aromatic heterocycles. The van der Waals surface area contributed by atoms with Crippen LogP contribution < -0.4 is 16.6 Å². The highest BCUT2D eigenvalue weighted by Crippen LogP contribution is 2.08. The molecule has 0 fully saturated rings. The van der Waals surface area contributed by atoms with Gasteiger partial charge in [0, 0.05) is 11.5 Å². The second-order valence-electron chi connectivity index (χ2n) is 2.67. The van der Waals surface area contributed by atoms with Crippen LogP contribution in [0.5, 0.6) is 0 Å². The number of nitrogens with two attached hydrogens (primary N) is 1. The average molecular weight is 237 g/mol. The van der Waals surface area contributed by atoms with Crippen LogP contribution >= 0.6 is 11.5 Å². The molecule has 4 N–H and O–H groups in total. The van der Waals surface area contributed by atoms with Crippen molar-refractivity contribution in [2.75, 3.05) is 10.7 Å². The molecule has 82 valence electrons. The molecule has 0 spiro atoms. The summed E-state index contributed by atoms with van der Waals surface area (Å²) < 4.78 is 3.52. The third kappa shape index (κ3) is 2.27. The molecule has 0 aromatic carbocycles. The van der Waals surface area contributed by atoms with Crippen molar-refractivity contribution in [2.24, 2.45) is 5.84 Å². The largest absolute Gasteiger partial charge is 0.308 e. The number of carbonyl (C=O) groups excluding carboxylic acids is 1. The smallest absolute Gasteiger partial charge is 0.276 e. The van der Waals surface area contributed by atoms with Crippen LogP contribution in [-0.2, 0) is 0 Å². The average Bonchev–Trinajstić information content (AvgIpc) is 2.82. The zero-order chi connectivity index (χ0) is 11.4. The van der Waals surface area contributed by atoms with E-state index in [1.54, 1.807) is 18.2 Å². The molecule has 0 unspecified atom stereocenters. The predicted molar refractivity (Wildman–Crippen MR) is 57.7 cm³/mol. The summed E-state index contributed by atoms with van der Waals surface area (Å²) >= 11 is 0.984. The van der Waals surface area contributed by atoms with Crippen molar-refractivity contribution in [1.82, 2.24) is 19.8 Å². The number of hydrogen-bond acceptors (Lipinski definition) is 8. The molecule has 0 saturated heterocycles. The van der Waals surface area contributed by atoms with Crippen molar-refractivity contribution in [3.63, 3.8) is 0 Å². The van der Waals surface area contributed by atoms with Crippen molar-refractivity contribution in [3.8, 4) is 0 Å². The lowest BCUT2D eigenvalue weighted by atomic mass is 10.3. The highest BCUT2D eigenvalue weighted by atomic mass is 32.1. The van der Waals surface area contributed by atoms with Gasteiger partial charge in [0.25, 0.3) is 5.91 Å². The van der Waals surface area contributed by atoms with Gasteiger partial charge in [-0.05, 0) is 17.3 Å². The minimum atomic E-state index is -0.393. The van der Waals surface area contributed by atoms with E-state index in [-0.39, 0.29) is 5.69 Å². The second-order valence-corrected chi connectivity index (χ2v) is 3.41. The first-order valence-electron chi connectivity index (χ1n) is 4.19. The highest BCUT2D eigenvalue weighted by molar-refractivity contribution is 7.09. The number of hydrogen-bond donors (Lipinski definition) is 3. The van der Waals surface area contributed by atoms with Gasteiger partial charge in [0.15, 0.2) is 0 Å². The van der Waals surface area contributed by atoms with Crippen LogP contribution in [0.15, 0.2) is 18.2 Å². The van der Waals surface area contributed by atoms with Gasteiger partial charge in [-0.3, -0.25) is 10.1 Å². The van der Waals surface area contributed by atoms with Crippen molar-refractivity contribution >= 4 is 28.4 Å². The molecule has 2 aromatic rings. The lowest BCUT2D eigenvalue weighted by Crippen LogP contribution is -2.16. The predicted octanol–water partition coefficient (Wildman–Crippen LogP) is -0.134. The SMILES string of the molecule is NNc1cccc(C(=O)Nc2nnns2)n1. The van der Waals surface area contributed by atoms with Gasteiger partial charge >= 0.3 is 0 Å². The van der Waals surface area contributed by atoms with Crippen LogP contribution in [0.25, 0.3) is 0 Å². The molecular formula is C7H7N7OS. The number of aromatic nitrogens is 4. The number of pyridine rings is 1. The van der Waals surface area contributed by atoms with Crippen molar-refractivity contribution < 1.29 is 4.79 Å².